The molecule has 2 rings (SSSR count). The molecule has 0 amide bonds. The van der Waals surface area contributed by atoms with E-state index in [1.165, 1.54) is 5.56 Å². The minimum absolute atomic E-state index is 0.328. The highest BCUT2D eigenvalue weighted by Crippen LogP contribution is 2.32. The molecule has 1 aliphatic rings. The van der Waals surface area contributed by atoms with Crippen molar-refractivity contribution >= 4 is 0 Å². The van der Waals surface area contributed by atoms with Gasteiger partial charge in [-0.15, -0.1) is 0 Å². The van der Waals surface area contributed by atoms with Gasteiger partial charge in [-0.05, 0) is 32.0 Å². The molecule has 2 unspecified atom stereocenters. The van der Waals surface area contributed by atoms with Crippen molar-refractivity contribution < 1.29 is 9.47 Å². The summed E-state index contributed by atoms with van der Waals surface area (Å²) in [6.45, 7) is 7.61. The van der Waals surface area contributed by atoms with Crippen LogP contribution in [0.5, 0.6) is 11.5 Å². The largest absolute Gasteiger partial charge is 0.497 e. The zero-order chi connectivity index (χ0) is 13.8. The molecule has 0 spiro atoms. The smallest absolute Gasteiger partial charge is 0.123 e. The molecule has 1 aromatic rings. The van der Waals surface area contributed by atoms with E-state index >= 15 is 0 Å². The van der Waals surface area contributed by atoms with E-state index in [4.69, 9.17) is 9.47 Å². The molecule has 106 valence electrons. The molecule has 19 heavy (non-hydrogen) atoms. The maximum Gasteiger partial charge on any atom is 0.123 e. The number of hydrogen-bond acceptors (Lipinski definition) is 4. The zero-order valence-electron chi connectivity index (χ0n) is 12.3. The second-order valence-electron chi connectivity index (χ2n) is 5.13. The van der Waals surface area contributed by atoms with Gasteiger partial charge >= 0.3 is 0 Å². The minimum Gasteiger partial charge on any atom is -0.497 e. The van der Waals surface area contributed by atoms with Crippen molar-refractivity contribution in [3.05, 3.63) is 23.8 Å². The molecular weight excluding hydrogens is 240 g/mol. The summed E-state index contributed by atoms with van der Waals surface area (Å²) >= 11 is 0. The number of methoxy groups -OCH3 is 2. The third-order valence-corrected chi connectivity index (χ3v) is 3.83. The van der Waals surface area contributed by atoms with E-state index < -0.39 is 0 Å². The summed E-state index contributed by atoms with van der Waals surface area (Å²) in [7, 11) is 3.42. The average Bonchev–Trinajstić information content (AvgIpc) is 2.45. The summed E-state index contributed by atoms with van der Waals surface area (Å²) in [6, 6.07) is 6.87. The molecular formula is C15H24N2O2. The molecule has 1 N–H and O–H groups in total. The van der Waals surface area contributed by atoms with Crippen LogP contribution in [0.4, 0.5) is 0 Å². The molecule has 0 saturated carbocycles. The molecule has 0 radical (unpaired) electrons. The number of nitrogens with zero attached hydrogens (tertiary/aromatic N) is 1. The topological polar surface area (TPSA) is 33.7 Å². The van der Waals surface area contributed by atoms with E-state index in [0.29, 0.717) is 12.1 Å². The Morgan fingerprint density at radius 1 is 1.32 bits per heavy atom. The van der Waals surface area contributed by atoms with E-state index in [-0.39, 0.29) is 0 Å². The molecule has 0 aliphatic carbocycles. The summed E-state index contributed by atoms with van der Waals surface area (Å²) in [5, 5.41) is 3.47. The lowest BCUT2D eigenvalue weighted by Gasteiger charge is -2.36. The van der Waals surface area contributed by atoms with Crippen LogP contribution >= 0.6 is 0 Å². The minimum atomic E-state index is 0.328. The molecule has 0 bridgehead atoms. The third kappa shape index (κ3) is 3.19. The molecule has 1 heterocycles. The second kappa shape index (κ2) is 6.26. The van der Waals surface area contributed by atoms with Crippen LogP contribution < -0.4 is 14.8 Å². The van der Waals surface area contributed by atoms with Gasteiger partial charge in [-0.1, -0.05) is 0 Å². The van der Waals surface area contributed by atoms with Gasteiger partial charge in [-0.3, -0.25) is 4.90 Å². The fourth-order valence-corrected chi connectivity index (χ4v) is 2.68. The molecule has 1 fully saturated rings. The summed E-state index contributed by atoms with van der Waals surface area (Å²) in [6.07, 6.45) is 0. The fourth-order valence-electron chi connectivity index (χ4n) is 2.68. The number of piperazine rings is 1. The van der Waals surface area contributed by atoms with Crippen molar-refractivity contribution in [2.45, 2.75) is 25.9 Å². The number of rotatable bonds is 4. The molecule has 1 saturated heterocycles. The summed E-state index contributed by atoms with van der Waals surface area (Å²) in [5.41, 5.74) is 1.19. The Labute approximate surface area is 115 Å². The van der Waals surface area contributed by atoms with E-state index in [9.17, 15) is 0 Å². The lowest BCUT2D eigenvalue weighted by Crippen LogP contribution is -2.49. The van der Waals surface area contributed by atoms with Crippen LogP contribution in [0.15, 0.2) is 18.2 Å². The highest BCUT2D eigenvalue weighted by Gasteiger charge is 2.24. The summed E-state index contributed by atoms with van der Waals surface area (Å²) in [4.78, 5) is 2.48. The predicted octanol–water partition coefficient (Wildman–Crippen LogP) is 2.06. The monoisotopic (exact) mass is 264 g/mol. The summed E-state index contributed by atoms with van der Waals surface area (Å²) in [5.74, 6) is 1.81. The van der Waals surface area contributed by atoms with Crippen LogP contribution in [0.25, 0.3) is 0 Å². The first kappa shape index (κ1) is 14.2. The predicted molar refractivity (Wildman–Crippen MR) is 77.0 cm³/mol. The first-order valence-corrected chi connectivity index (χ1v) is 6.85. The molecule has 1 aliphatic heterocycles. The second-order valence-corrected chi connectivity index (χ2v) is 5.13. The maximum absolute atomic E-state index is 5.49. The molecule has 4 heteroatoms. The van der Waals surface area contributed by atoms with Gasteiger partial charge in [0.2, 0.25) is 0 Å². The fraction of sp³-hybridized carbons (Fsp3) is 0.600. The highest BCUT2D eigenvalue weighted by molar-refractivity contribution is 5.42. The Hall–Kier alpha value is -1.26. The van der Waals surface area contributed by atoms with Crippen molar-refractivity contribution in [3.63, 3.8) is 0 Å². The van der Waals surface area contributed by atoms with E-state index in [2.05, 4.69) is 30.1 Å². The quantitative estimate of drug-likeness (QED) is 0.902. The van der Waals surface area contributed by atoms with Crippen molar-refractivity contribution in [2.24, 2.45) is 0 Å². The van der Waals surface area contributed by atoms with Crippen LogP contribution in [0.1, 0.15) is 25.5 Å². The Kier molecular flexibility index (Phi) is 4.66. The molecule has 1 aromatic carbocycles. The van der Waals surface area contributed by atoms with E-state index in [1.54, 1.807) is 14.2 Å². The lowest BCUT2D eigenvalue weighted by atomic mass is 10.0. The number of benzene rings is 1. The Bertz CT molecular complexity index is 423. The standard InChI is InChI=1S/C15H24N2O2/c1-11-10-17(8-7-16-11)12(2)14-9-13(18-3)5-6-15(14)19-4/h5-6,9,11-12,16H,7-8,10H2,1-4H3. The lowest BCUT2D eigenvalue weighted by molar-refractivity contribution is 0.156. The van der Waals surface area contributed by atoms with Crippen molar-refractivity contribution in [3.8, 4) is 11.5 Å². The maximum atomic E-state index is 5.49. The molecule has 2 atom stereocenters. The highest BCUT2D eigenvalue weighted by atomic mass is 16.5. The number of hydrogen-bond donors (Lipinski definition) is 1. The van der Waals surface area contributed by atoms with Gasteiger partial charge in [0.15, 0.2) is 0 Å². The normalized spacial score (nSPS) is 22.0. The average molecular weight is 264 g/mol. The van der Waals surface area contributed by atoms with Gasteiger partial charge in [0.1, 0.15) is 11.5 Å². The Morgan fingerprint density at radius 3 is 2.74 bits per heavy atom. The first-order chi connectivity index (χ1) is 9.15. The summed E-state index contributed by atoms with van der Waals surface area (Å²) < 4.78 is 10.8. The van der Waals surface area contributed by atoms with Crippen molar-refractivity contribution in [1.29, 1.82) is 0 Å². The van der Waals surface area contributed by atoms with Gasteiger partial charge in [0, 0.05) is 37.3 Å². The number of ether oxygens (including phenoxy) is 2. The van der Waals surface area contributed by atoms with Crippen LogP contribution in [-0.4, -0.2) is 44.8 Å². The van der Waals surface area contributed by atoms with Gasteiger partial charge in [0.25, 0.3) is 0 Å². The van der Waals surface area contributed by atoms with Gasteiger partial charge < -0.3 is 14.8 Å². The molecule has 4 nitrogen and oxygen atoms in total. The van der Waals surface area contributed by atoms with Crippen molar-refractivity contribution in [1.82, 2.24) is 10.2 Å². The third-order valence-electron chi connectivity index (χ3n) is 3.83. The van der Waals surface area contributed by atoms with Crippen LogP contribution in [-0.2, 0) is 0 Å². The van der Waals surface area contributed by atoms with Gasteiger partial charge in [-0.2, -0.15) is 0 Å². The Balaban J connectivity index is 2.23. The number of nitrogens with one attached hydrogen (secondary N) is 1. The Morgan fingerprint density at radius 2 is 2.11 bits per heavy atom. The van der Waals surface area contributed by atoms with Crippen LogP contribution in [0, 0.1) is 0 Å². The van der Waals surface area contributed by atoms with Gasteiger partial charge in [-0.25, -0.2) is 0 Å². The zero-order valence-corrected chi connectivity index (χ0v) is 12.3. The van der Waals surface area contributed by atoms with Gasteiger partial charge in [0.05, 0.1) is 14.2 Å². The van der Waals surface area contributed by atoms with Crippen LogP contribution in [0.2, 0.25) is 0 Å². The van der Waals surface area contributed by atoms with Crippen LogP contribution in [0.3, 0.4) is 0 Å². The first-order valence-electron chi connectivity index (χ1n) is 6.85. The molecule has 0 aromatic heterocycles. The SMILES string of the molecule is COc1ccc(OC)c(C(C)N2CCNC(C)C2)c1. The van der Waals surface area contributed by atoms with Crippen molar-refractivity contribution in [2.75, 3.05) is 33.9 Å². The van der Waals surface area contributed by atoms with E-state index in [1.807, 2.05) is 12.1 Å². The van der Waals surface area contributed by atoms with E-state index in [0.717, 1.165) is 31.1 Å².